The number of hydrogen-bond acceptors (Lipinski definition) is 4. The van der Waals surface area contributed by atoms with Crippen LogP contribution >= 0.6 is 0 Å². The van der Waals surface area contributed by atoms with Gasteiger partial charge < -0.3 is 10.2 Å². The third-order valence-corrected chi connectivity index (χ3v) is 3.20. The van der Waals surface area contributed by atoms with Gasteiger partial charge in [-0.1, -0.05) is 24.8 Å². The molecule has 4 heteroatoms. The Labute approximate surface area is 115 Å². The predicted molar refractivity (Wildman–Crippen MR) is 76.6 cm³/mol. The molecule has 0 aliphatic heterocycles. The topological polar surface area (TPSA) is 74.6 Å². The van der Waals surface area contributed by atoms with E-state index in [1.54, 1.807) is 18.2 Å². The number of carbonyl (C=O) groups is 2. The maximum Gasteiger partial charge on any atom is 0.221 e. The summed E-state index contributed by atoms with van der Waals surface area (Å²) >= 11 is 0. The Bertz CT molecular complexity index is 767. The van der Waals surface area contributed by atoms with Crippen molar-refractivity contribution in [1.29, 1.82) is 0 Å². The molecule has 0 fully saturated rings. The van der Waals surface area contributed by atoms with Crippen LogP contribution in [0.15, 0.2) is 18.2 Å². The number of rotatable bonds is 1. The predicted octanol–water partition coefficient (Wildman–Crippen LogP) is 0.572. The summed E-state index contributed by atoms with van der Waals surface area (Å²) in [4.78, 5) is 23.0. The van der Waals surface area contributed by atoms with Gasteiger partial charge >= 0.3 is 0 Å². The minimum Gasteiger partial charge on any atom is -0.507 e. The number of benzene rings is 1. The number of hydrogen-bond donors (Lipinski definition) is 2. The highest BCUT2D eigenvalue weighted by Crippen LogP contribution is 2.27. The van der Waals surface area contributed by atoms with Gasteiger partial charge in [0.15, 0.2) is 0 Å². The first-order valence-electron chi connectivity index (χ1n) is 6.11. The van der Waals surface area contributed by atoms with E-state index >= 15 is 0 Å². The molecule has 1 aromatic rings. The number of Topliss-reactive ketones (excluding diaryl/α,β-unsaturated/α-hetero) is 1. The smallest absolute Gasteiger partial charge is 0.221 e. The highest BCUT2D eigenvalue weighted by molar-refractivity contribution is 6.43. The van der Waals surface area contributed by atoms with Gasteiger partial charge in [-0.2, -0.15) is 0 Å². The summed E-state index contributed by atoms with van der Waals surface area (Å²) in [6.07, 6.45) is 7.30. The minimum absolute atomic E-state index is 0.0975. The highest BCUT2D eigenvalue weighted by Gasteiger charge is 2.23. The van der Waals surface area contributed by atoms with Crippen molar-refractivity contribution in [1.82, 2.24) is 0 Å². The summed E-state index contributed by atoms with van der Waals surface area (Å²) in [5, 5.41) is 21.0. The fourth-order valence-electron chi connectivity index (χ4n) is 2.10. The van der Waals surface area contributed by atoms with Crippen LogP contribution in [-0.2, 0) is 16.0 Å². The fourth-order valence-corrected chi connectivity index (χ4v) is 2.10. The van der Waals surface area contributed by atoms with Crippen LogP contribution in [0, 0.1) is 0 Å². The second kappa shape index (κ2) is 5.17. The molecule has 1 aliphatic carbocycles. The highest BCUT2D eigenvalue weighted by atomic mass is 16.3. The van der Waals surface area contributed by atoms with Gasteiger partial charge in [-0.3, -0.25) is 9.59 Å². The molecule has 0 atom stereocenters. The van der Waals surface area contributed by atoms with Crippen LogP contribution in [0.25, 0.3) is 18.7 Å². The molecule has 0 aromatic heterocycles. The van der Waals surface area contributed by atoms with E-state index in [0.717, 1.165) is 6.08 Å². The number of carbonyl (C=O) groups excluding carboxylic acids is 2. The summed E-state index contributed by atoms with van der Waals surface area (Å²) < 4.78 is 0. The van der Waals surface area contributed by atoms with Crippen molar-refractivity contribution in [2.45, 2.75) is 13.3 Å². The average molecular weight is 270 g/mol. The van der Waals surface area contributed by atoms with Gasteiger partial charge in [0.2, 0.25) is 11.6 Å². The molecule has 2 N–H and O–H groups in total. The van der Waals surface area contributed by atoms with E-state index in [4.69, 9.17) is 0 Å². The van der Waals surface area contributed by atoms with Gasteiger partial charge in [-0.05, 0) is 19.1 Å². The first-order chi connectivity index (χ1) is 9.47. The lowest BCUT2D eigenvalue weighted by Crippen LogP contribution is -2.26. The van der Waals surface area contributed by atoms with E-state index in [0.29, 0.717) is 5.22 Å². The Kier molecular flexibility index (Phi) is 3.57. The molecule has 2 rings (SSSR count). The Morgan fingerprint density at radius 2 is 1.90 bits per heavy atom. The second-order valence-corrected chi connectivity index (χ2v) is 4.47. The summed E-state index contributed by atoms with van der Waals surface area (Å²) in [6, 6.07) is 0. The van der Waals surface area contributed by atoms with E-state index in [9.17, 15) is 19.8 Å². The maximum atomic E-state index is 11.6. The van der Waals surface area contributed by atoms with Crippen LogP contribution in [-0.4, -0.2) is 21.8 Å². The molecule has 1 aliphatic rings. The number of fused-ring (bicyclic) bond motifs is 1. The van der Waals surface area contributed by atoms with Gasteiger partial charge in [0.1, 0.15) is 11.5 Å². The Hall–Kier alpha value is -2.62. The van der Waals surface area contributed by atoms with Crippen molar-refractivity contribution in [2.75, 3.05) is 0 Å². The lowest BCUT2D eigenvalue weighted by molar-refractivity contribution is -0.133. The van der Waals surface area contributed by atoms with Crippen LogP contribution in [0.1, 0.15) is 18.1 Å². The largest absolute Gasteiger partial charge is 0.507 e. The molecule has 0 unspecified atom stereocenters. The van der Waals surface area contributed by atoms with Crippen LogP contribution in [0.3, 0.4) is 0 Å². The zero-order valence-corrected chi connectivity index (χ0v) is 11.0. The summed E-state index contributed by atoms with van der Waals surface area (Å²) in [7, 11) is 0. The molecule has 1 aromatic carbocycles. The van der Waals surface area contributed by atoms with Crippen molar-refractivity contribution < 1.29 is 19.8 Å². The van der Waals surface area contributed by atoms with Crippen molar-refractivity contribution in [3.05, 3.63) is 39.8 Å². The van der Waals surface area contributed by atoms with Crippen molar-refractivity contribution >= 4 is 30.3 Å². The van der Waals surface area contributed by atoms with Crippen molar-refractivity contribution in [3.8, 4) is 11.5 Å². The van der Waals surface area contributed by atoms with E-state index < -0.39 is 11.6 Å². The monoisotopic (exact) mass is 270 g/mol. The summed E-state index contributed by atoms with van der Waals surface area (Å²) in [6.45, 7) is 5.54. The molecule has 0 heterocycles. The molecule has 0 saturated carbocycles. The summed E-state index contributed by atoms with van der Waals surface area (Å²) in [5.41, 5.74) is 0.516. The molecular formula is C16H14O4. The molecule has 0 radical (unpaired) electrons. The molecule has 0 spiro atoms. The second-order valence-electron chi connectivity index (χ2n) is 4.47. The third kappa shape index (κ3) is 2.16. The average Bonchev–Trinajstić information content (AvgIpc) is 2.57. The Balaban J connectivity index is 2.87. The molecule has 20 heavy (non-hydrogen) atoms. The van der Waals surface area contributed by atoms with Crippen LogP contribution in [0.4, 0.5) is 0 Å². The van der Waals surface area contributed by atoms with Crippen molar-refractivity contribution in [3.63, 3.8) is 0 Å². The minimum atomic E-state index is -0.649. The number of ketones is 2. The number of aromatic hydroxyl groups is 2. The van der Waals surface area contributed by atoms with Crippen LogP contribution < -0.4 is 10.4 Å². The van der Waals surface area contributed by atoms with E-state index in [2.05, 4.69) is 6.58 Å². The van der Waals surface area contributed by atoms with Crippen LogP contribution in [0.5, 0.6) is 11.5 Å². The van der Waals surface area contributed by atoms with Gasteiger partial charge in [0.05, 0.1) is 0 Å². The number of phenols is 2. The maximum absolute atomic E-state index is 11.6. The quantitative estimate of drug-likeness (QED) is 0.578. The van der Waals surface area contributed by atoms with Gasteiger partial charge in [0.25, 0.3) is 0 Å². The SMILES string of the molecule is C=c1c(O)c2c(c(O)/c1=C/C=C\C)C=CC(=O)C(=O)C2. The zero-order chi connectivity index (χ0) is 14.9. The Morgan fingerprint density at radius 3 is 2.55 bits per heavy atom. The first-order valence-corrected chi connectivity index (χ1v) is 6.11. The molecular weight excluding hydrogens is 256 g/mol. The number of allylic oxidation sites excluding steroid dienone is 3. The molecule has 0 saturated heterocycles. The standard InChI is InChI=1S/C16H14O4/c1-3-4-5-10-9(2)15(19)12-8-14(18)13(17)7-6-11(12)16(10)20/h3-7,19-20H,2,8H2,1H3/b4-3-,10-5+. The first kappa shape index (κ1) is 13.8. The van der Waals surface area contributed by atoms with Gasteiger partial charge in [0, 0.05) is 28.0 Å². The molecule has 0 bridgehead atoms. The van der Waals surface area contributed by atoms with Gasteiger partial charge in [-0.15, -0.1) is 0 Å². The van der Waals surface area contributed by atoms with E-state index in [1.807, 2.05) is 6.92 Å². The van der Waals surface area contributed by atoms with E-state index in [-0.39, 0.29) is 34.3 Å². The molecule has 0 amide bonds. The number of phenolic OH excluding ortho intramolecular Hbond substituents is 2. The van der Waals surface area contributed by atoms with Crippen LogP contribution in [0.2, 0.25) is 0 Å². The molecule has 102 valence electrons. The van der Waals surface area contributed by atoms with Crippen molar-refractivity contribution in [2.24, 2.45) is 0 Å². The normalized spacial score (nSPS) is 15.8. The summed E-state index contributed by atoms with van der Waals surface area (Å²) in [5.74, 6) is -1.54. The zero-order valence-electron chi connectivity index (χ0n) is 11.0. The Morgan fingerprint density at radius 1 is 1.20 bits per heavy atom. The third-order valence-electron chi connectivity index (χ3n) is 3.20. The van der Waals surface area contributed by atoms with Gasteiger partial charge in [-0.25, -0.2) is 0 Å². The fraction of sp³-hybridized carbons (Fsp3) is 0.125. The lowest BCUT2D eigenvalue weighted by Gasteiger charge is -2.10. The van der Waals surface area contributed by atoms with E-state index in [1.165, 1.54) is 6.08 Å². The molecule has 4 nitrogen and oxygen atoms in total. The lowest BCUT2D eigenvalue weighted by atomic mass is 9.98.